The standard InChI is InChI=1S/C14H20N4O/c1-11-5-3-4-6-12(11)14(8-15,9-19)7-13-16-10-17-18(13)2/h3-6,10,19H,7-9,15H2,1-2H3. The second kappa shape index (κ2) is 5.50. The molecule has 0 aliphatic heterocycles. The van der Waals surface area contributed by atoms with E-state index in [-0.39, 0.29) is 6.61 Å². The summed E-state index contributed by atoms with van der Waals surface area (Å²) < 4.78 is 1.72. The van der Waals surface area contributed by atoms with E-state index < -0.39 is 5.41 Å². The molecule has 102 valence electrons. The maximum Gasteiger partial charge on any atom is 0.138 e. The molecule has 1 aromatic heterocycles. The smallest absolute Gasteiger partial charge is 0.138 e. The molecule has 3 N–H and O–H groups in total. The van der Waals surface area contributed by atoms with Crippen molar-refractivity contribution >= 4 is 0 Å². The van der Waals surface area contributed by atoms with Gasteiger partial charge in [0, 0.05) is 25.4 Å². The fraction of sp³-hybridized carbons (Fsp3) is 0.429. The molecule has 0 aliphatic rings. The summed E-state index contributed by atoms with van der Waals surface area (Å²) in [5.41, 5.74) is 7.66. The highest BCUT2D eigenvalue weighted by molar-refractivity contribution is 5.35. The Kier molecular flexibility index (Phi) is 3.97. The molecule has 0 saturated carbocycles. The number of aliphatic hydroxyl groups excluding tert-OH is 1. The second-order valence-electron chi connectivity index (χ2n) is 4.93. The van der Waals surface area contributed by atoms with Gasteiger partial charge in [-0.1, -0.05) is 24.3 Å². The van der Waals surface area contributed by atoms with Crippen LogP contribution < -0.4 is 5.73 Å². The molecule has 0 spiro atoms. The molecule has 0 saturated heterocycles. The lowest BCUT2D eigenvalue weighted by molar-refractivity contribution is 0.192. The highest BCUT2D eigenvalue weighted by atomic mass is 16.3. The molecule has 19 heavy (non-hydrogen) atoms. The third-order valence-corrected chi connectivity index (χ3v) is 3.71. The van der Waals surface area contributed by atoms with Crippen LogP contribution in [0.15, 0.2) is 30.6 Å². The van der Waals surface area contributed by atoms with Crippen molar-refractivity contribution in [3.05, 3.63) is 47.5 Å². The van der Waals surface area contributed by atoms with Crippen LogP contribution >= 0.6 is 0 Å². The van der Waals surface area contributed by atoms with Crippen molar-refractivity contribution in [1.29, 1.82) is 0 Å². The van der Waals surface area contributed by atoms with Gasteiger partial charge in [0.2, 0.25) is 0 Å². The van der Waals surface area contributed by atoms with E-state index in [0.717, 1.165) is 17.0 Å². The summed E-state index contributed by atoms with van der Waals surface area (Å²) in [4.78, 5) is 4.24. The summed E-state index contributed by atoms with van der Waals surface area (Å²) in [6, 6.07) is 8.01. The fourth-order valence-corrected chi connectivity index (χ4v) is 2.43. The van der Waals surface area contributed by atoms with Gasteiger partial charge in [0.25, 0.3) is 0 Å². The molecule has 0 bridgehead atoms. The number of benzene rings is 1. The Hall–Kier alpha value is -1.72. The number of aromatic nitrogens is 3. The largest absolute Gasteiger partial charge is 0.395 e. The molecule has 2 rings (SSSR count). The van der Waals surface area contributed by atoms with E-state index in [0.29, 0.717) is 13.0 Å². The first-order valence-corrected chi connectivity index (χ1v) is 6.33. The predicted molar refractivity (Wildman–Crippen MR) is 73.7 cm³/mol. The SMILES string of the molecule is Cc1ccccc1C(CN)(CO)Cc1ncnn1C. The molecular formula is C14H20N4O. The van der Waals surface area contributed by atoms with Gasteiger partial charge in [-0.3, -0.25) is 4.68 Å². The number of aliphatic hydroxyl groups is 1. The van der Waals surface area contributed by atoms with Crippen LogP contribution in [0.2, 0.25) is 0 Å². The number of hydrogen-bond acceptors (Lipinski definition) is 4. The van der Waals surface area contributed by atoms with E-state index >= 15 is 0 Å². The number of nitrogens with two attached hydrogens (primary N) is 1. The van der Waals surface area contributed by atoms with Crippen molar-refractivity contribution in [3.8, 4) is 0 Å². The maximum atomic E-state index is 9.91. The zero-order chi connectivity index (χ0) is 13.9. The maximum absolute atomic E-state index is 9.91. The minimum absolute atomic E-state index is 0.0127. The summed E-state index contributed by atoms with van der Waals surface area (Å²) in [5, 5.41) is 14.0. The average Bonchev–Trinajstić information content (AvgIpc) is 2.82. The van der Waals surface area contributed by atoms with Crippen LogP contribution in [0.3, 0.4) is 0 Å². The Balaban J connectivity index is 2.44. The average molecular weight is 260 g/mol. The first-order valence-electron chi connectivity index (χ1n) is 6.33. The van der Waals surface area contributed by atoms with Crippen molar-refractivity contribution in [2.45, 2.75) is 18.8 Å². The van der Waals surface area contributed by atoms with Gasteiger partial charge in [-0.2, -0.15) is 5.10 Å². The van der Waals surface area contributed by atoms with Crippen LogP contribution in [0.1, 0.15) is 17.0 Å². The summed E-state index contributed by atoms with van der Waals surface area (Å²) in [5.74, 6) is 0.822. The van der Waals surface area contributed by atoms with Crippen LogP contribution in [-0.2, 0) is 18.9 Å². The molecule has 0 fully saturated rings. The molecule has 0 radical (unpaired) electrons. The highest BCUT2D eigenvalue weighted by Crippen LogP contribution is 2.29. The summed E-state index contributed by atoms with van der Waals surface area (Å²) in [7, 11) is 1.85. The van der Waals surface area contributed by atoms with Crippen molar-refractivity contribution in [2.75, 3.05) is 13.2 Å². The Morgan fingerprint density at radius 2 is 2.11 bits per heavy atom. The third kappa shape index (κ3) is 2.52. The van der Waals surface area contributed by atoms with Crippen LogP contribution in [-0.4, -0.2) is 33.0 Å². The van der Waals surface area contributed by atoms with Gasteiger partial charge in [0.05, 0.1) is 6.61 Å². The zero-order valence-corrected chi connectivity index (χ0v) is 11.4. The zero-order valence-electron chi connectivity index (χ0n) is 11.4. The van der Waals surface area contributed by atoms with E-state index in [1.165, 1.54) is 6.33 Å². The third-order valence-electron chi connectivity index (χ3n) is 3.71. The fourth-order valence-electron chi connectivity index (χ4n) is 2.43. The molecule has 1 atom stereocenters. The van der Waals surface area contributed by atoms with E-state index in [1.54, 1.807) is 4.68 Å². The number of hydrogen-bond donors (Lipinski definition) is 2. The topological polar surface area (TPSA) is 77.0 Å². The van der Waals surface area contributed by atoms with E-state index in [2.05, 4.69) is 10.1 Å². The first kappa shape index (κ1) is 13.7. The molecule has 0 amide bonds. The Bertz CT molecular complexity index is 546. The van der Waals surface area contributed by atoms with Gasteiger partial charge >= 0.3 is 0 Å². The van der Waals surface area contributed by atoms with Gasteiger partial charge in [0.15, 0.2) is 0 Å². The van der Waals surface area contributed by atoms with Gasteiger partial charge < -0.3 is 10.8 Å². The van der Waals surface area contributed by atoms with Crippen LogP contribution in [0, 0.1) is 6.92 Å². The van der Waals surface area contributed by atoms with Crippen LogP contribution in [0.25, 0.3) is 0 Å². The van der Waals surface area contributed by atoms with Gasteiger partial charge in [-0.15, -0.1) is 0 Å². The normalized spacial score (nSPS) is 14.3. The number of rotatable bonds is 5. The van der Waals surface area contributed by atoms with Crippen molar-refractivity contribution < 1.29 is 5.11 Å². The van der Waals surface area contributed by atoms with E-state index in [4.69, 9.17) is 5.73 Å². The lowest BCUT2D eigenvalue weighted by atomic mass is 9.76. The molecule has 0 aliphatic carbocycles. The molecule has 1 heterocycles. The first-order chi connectivity index (χ1) is 9.13. The summed E-state index contributed by atoms with van der Waals surface area (Å²) >= 11 is 0. The van der Waals surface area contributed by atoms with Crippen LogP contribution in [0.4, 0.5) is 0 Å². The van der Waals surface area contributed by atoms with Gasteiger partial charge in [-0.25, -0.2) is 4.98 Å². The molecule has 2 aromatic rings. The Morgan fingerprint density at radius 1 is 1.37 bits per heavy atom. The van der Waals surface area contributed by atoms with Gasteiger partial charge in [0.1, 0.15) is 12.2 Å². The van der Waals surface area contributed by atoms with E-state index in [1.807, 2.05) is 38.2 Å². The van der Waals surface area contributed by atoms with E-state index in [9.17, 15) is 5.11 Å². The molecular weight excluding hydrogens is 240 g/mol. The lowest BCUT2D eigenvalue weighted by Gasteiger charge is -2.32. The summed E-state index contributed by atoms with van der Waals surface area (Å²) in [6.07, 6.45) is 2.09. The second-order valence-corrected chi connectivity index (χ2v) is 4.93. The van der Waals surface area contributed by atoms with Crippen molar-refractivity contribution in [2.24, 2.45) is 12.8 Å². The predicted octanol–water partition coefficient (Wildman–Crippen LogP) is 0.555. The van der Waals surface area contributed by atoms with Crippen LogP contribution in [0.5, 0.6) is 0 Å². The molecule has 5 heteroatoms. The monoisotopic (exact) mass is 260 g/mol. The molecule has 1 unspecified atom stereocenters. The lowest BCUT2D eigenvalue weighted by Crippen LogP contribution is -2.42. The van der Waals surface area contributed by atoms with Crippen molar-refractivity contribution in [1.82, 2.24) is 14.8 Å². The quantitative estimate of drug-likeness (QED) is 0.823. The number of nitrogens with zero attached hydrogens (tertiary/aromatic N) is 3. The minimum Gasteiger partial charge on any atom is -0.395 e. The minimum atomic E-state index is -0.508. The highest BCUT2D eigenvalue weighted by Gasteiger charge is 2.33. The van der Waals surface area contributed by atoms with Crippen molar-refractivity contribution in [3.63, 3.8) is 0 Å². The molecule has 5 nitrogen and oxygen atoms in total. The molecule has 1 aromatic carbocycles. The Labute approximate surface area is 113 Å². The van der Waals surface area contributed by atoms with Gasteiger partial charge in [-0.05, 0) is 18.1 Å². The Morgan fingerprint density at radius 3 is 2.63 bits per heavy atom. The number of aryl methyl sites for hydroxylation is 2. The summed E-state index contributed by atoms with van der Waals surface area (Å²) in [6.45, 7) is 2.38.